The Morgan fingerprint density at radius 1 is 0.500 bits per heavy atom. The van der Waals surface area contributed by atoms with Crippen LogP contribution < -0.4 is 0 Å². The summed E-state index contributed by atoms with van der Waals surface area (Å²) in [4.78, 5) is 10.5. The molecule has 0 aliphatic rings. The van der Waals surface area contributed by atoms with Crippen molar-refractivity contribution < 1.29 is 15.0 Å². The van der Waals surface area contributed by atoms with Gasteiger partial charge in [0.2, 0.25) is 0 Å². The molecule has 0 rings (SSSR count). The molecule has 0 fully saturated rings. The van der Waals surface area contributed by atoms with E-state index in [1.54, 1.807) is 0 Å². The van der Waals surface area contributed by atoms with Crippen molar-refractivity contribution in [3.8, 4) is 0 Å². The van der Waals surface area contributed by atoms with Gasteiger partial charge in [-0.1, -0.05) is 148 Å². The van der Waals surface area contributed by atoms with Crippen LogP contribution in [0.1, 0.15) is 174 Å². The maximum absolute atomic E-state index is 10.5. The van der Waals surface area contributed by atoms with Crippen molar-refractivity contribution in [2.24, 2.45) is 0 Å². The van der Waals surface area contributed by atoms with Crippen molar-refractivity contribution in [3.63, 3.8) is 0 Å². The van der Waals surface area contributed by atoms with Crippen LogP contribution in [0.5, 0.6) is 0 Å². The summed E-state index contributed by atoms with van der Waals surface area (Å²) in [5, 5.41) is 18.5. The van der Waals surface area contributed by atoms with E-state index in [9.17, 15) is 9.90 Å². The zero-order valence-electron chi connectivity index (χ0n) is 21.8. The summed E-state index contributed by atoms with van der Waals surface area (Å²) in [7, 11) is 0. The van der Waals surface area contributed by atoms with Crippen molar-refractivity contribution in [2.75, 3.05) is 0 Å². The van der Waals surface area contributed by atoms with Crippen LogP contribution in [0.25, 0.3) is 0 Å². The molecule has 3 heteroatoms. The highest BCUT2D eigenvalue weighted by molar-refractivity contribution is 5.66. The third-order valence-corrected chi connectivity index (χ3v) is 6.82. The van der Waals surface area contributed by atoms with E-state index in [4.69, 9.17) is 5.11 Å². The van der Waals surface area contributed by atoms with Crippen LogP contribution in [0.4, 0.5) is 0 Å². The molecular weight excluding hydrogens is 396 g/mol. The first kappa shape index (κ1) is 31.4. The normalized spacial score (nSPS) is 12.3. The van der Waals surface area contributed by atoms with Gasteiger partial charge in [0, 0.05) is 6.42 Å². The first-order valence-corrected chi connectivity index (χ1v) is 14.6. The minimum absolute atomic E-state index is 0.228. The second kappa shape index (κ2) is 26.7. The molecule has 32 heavy (non-hydrogen) atoms. The first-order chi connectivity index (χ1) is 15.7. The zero-order valence-corrected chi connectivity index (χ0v) is 21.8. The number of hydrogen-bond acceptors (Lipinski definition) is 2. The molecule has 2 N–H and O–H groups in total. The van der Waals surface area contributed by atoms with Gasteiger partial charge in [-0.05, 0) is 19.3 Å². The highest BCUT2D eigenvalue weighted by Gasteiger charge is 2.05. The molecule has 0 amide bonds. The van der Waals surface area contributed by atoms with Crippen LogP contribution in [-0.4, -0.2) is 22.3 Å². The number of carbonyl (C=O) groups is 1. The van der Waals surface area contributed by atoms with Gasteiger partial charge < -0.3 is 10.2 Å². The van der Waals surface area contributed by atoms with Crippen LogP contribution in [0.3, 0.4) is 0 Å². The molecule has 1 unspecified atom stereocenters. The standard InChI is InChI=1S/C29H58O3/c1-2-3-4-5-6-7-8-9-10-11-12-13-14-15-16-17-18-19-20-21-22-25-28(30)26-23-24-27-29(31)32/h28,30H,2-27H2,1H3,(H,31,32). The molecule has 0 aliphatic heterocycles. The molecule has 192 valence electrons. The van der Waals surface area contributed by atoms with Gasteiger partial charge in [-0.3, -0.25) is 4.79 Å². The van der Waals surface area contributed by atoms with Crippen molar-refractivity contribution in [1.82, 2.24) is 0 Å². The van der Waals surface area contributed by atoms with Crippen LogP contribution in [0.15, 0.2) is 0 Å². The molecule has 0 aliphatic carbocycles. The lowest BCUT2D eigenvalue weighted by Gasteiger charge is -2.09. The third-order valence-electron chi connectivity index (χ3n) is 6.82. The summed E-state index contributed by atoms with van der Waals surface area (Å²) in [6.07, 6.45) is 32.5. The Balaban J connectivity index is 3.09. The quantitative estimate of drug-likeness (QED) is 0.121. The fourth-order valence-corrected chi connectivity index (χ4v) is 4.61. The molecule has 0 saturated carbocycles. The largest absolute Gasteiger partial charge is 0.481 e. The van der Waals surface area contributed by atoms with Crippen molar-refractivity contribution in [2.45, 2.75) is 180 Å². The molecular formula is C29H58O3. The number of aliphatic hydroxyl groups is 1. The van der Waals surface area contributed by atoms with Gasteiger partial charge in [0.25, 0.3) is 0 Å². The maximum Gasteiger partial charge on any atom is 0.303 e. The molecule has 0 aromatic heterocycles. The number of unbranched alkanes of at least 4 members (excludes halogenated alkanes) is 21. The van der Waals surface area contributed by atoms with Crippen LogP contribution in [0, 0.1) is 0 Å². The van der Waals surface area contributed by atoms with Gasteiger partial charge >= 0.3 is 5.97 Å². The van der Waals surface area contributed by atoms with Gasteiger partial charge in [0.1, 0.15) is 0 Å². The zero-order chi connectivity index (χ0) is 23.5. The van der Waals surface area contributed by atoms with E-state index in [1.165, 1.54) is 128 Å². The molecule has 0 radical (unpaired) electrons. The number of hydrogen-bond donors (Lipinski definition) is 2. The molecule has 0 heterocycles. The minimum Gasteiger partial charge on any atom is -0.481 e. The highest BCUT2D eigenvalue weighted by Crippen LogP contribution is 2.16. The molecule has 0 aromatic carbocycles. The van der Waals surface area contributed by atoms with Crippen molar-refractivity contribution >= 4 is 5.97 Å². The van der Waals surface area contributed by atoms with Crippen LogP contribution in [-0.2, 0) is 4.79 Å². The summed E-state index contributed by atoms with van der Waals surface area (Å²) < 4.78 is 0. The molecule has 0 aromatic rings. The van der Waals surface area contributed by atoms with E-state index >= 15 is 0 Å². The Kier molecular flexibility index (Phi) is 26.2. The molecule has 0 bridgehead atoms. The maximum atomic E-state index is 10.5. The van der Waals surface area contributed by atoms with Crippen LogP contribution in [0.2, 0.25) is 0 Å². The Morgan fingerprint density at radius 2 is 0.781 bits per heavy atom. The van der Waals surface area contributed by atoms with E-state index in [2.05, 4.69) is 6.92 Å². The summed E-state index contributed by atoms with van der Waals surface area (Å²) in [6, 6.07) is 0. The first-order valence-electron chi connectivity index (χ1n) is 14.6. The highest BCUT2D eigenvalue weighted by atomic mass is 16.4. The summed E-state index contributed by atoms with van der Waals surface area (Å²) in [5.74, 6) is -0.733. The summed E-state index contributed by atoms with van der Waals surface area (Å²) in [6.45, 7) is 2.29. The smallest absolute Gasteiger partial charge is 0.303 e. The van der Waals surface area contributed by atoms with Gasteiger partial charge in [-0.2, -0.15) is 0 Å². The predicted octanol–water partition coefficient (Wildman–Crippen LogP) is 9.59. The minimum atomic E-state index is -0.733. The Bertz CT molecular complexity index is 369. The number of carboxylic acids is 1. The van der Waals surface area contributed by atoms with Gasteiger partial charge in [0.05, 0.1) is 6.10 Å². The fraction of sp³-hybridized carbons (Fsp3) is 0.966. The van der Waals surface area contributed by atoms with Crippen LogP contribution >= 0.6 is 0 Å². The average Bonchev–Trinajstić information content (AvgIpc) is 2.77. The van der Waals surface area contributed by atoms with Crippen molar-refractivity contribution in [3.05, 3.63) is 0 Å². The molecule has 3 nitrogen and oxygen atoms in total. The van der Waals surface area contributed by atoms with E-state index in [-0.39, 0.29) is 12.5 Å². The monoisotopic (exact) mass is 454 g/mol. The predicted molar refractivity (Wildman–Crippen MR) is 139 cm³/mol. The lowest BCUT2D eigenvalue weighted by Crippen LogP contribution is -2.06. The summed E-state index contributed by atoms with van der Waals surface area (Å²) >= 11 is 0. The summed E-state index contributed by atoms with van der Waals surface area (Å²) in [5.41, 5.74) is 0. The Labute approximate surface area is 201 Å². The Morgan fingerprint density at radius 3 is 1.09 bits per heavy atom. The molecule has 0 saturated heterocycles. The number of aliphatic hydroxyl groups excluding tert-OH is 1. The van der Waals surface area contributed by atoms with Gasteiger partial charge in [0.15, 0.2) is 0 Å². The van der Waals surface area contributed by atoms with Gasteiger partial charge in [-0.15, -0.1) is 0 Å². The average molecular weight is 455 g/mol. The SMILES string of the molecule is CCCCCCCCCCCCCCCCCCCCCCCC(O)CCCCC(=O)O. The van der Waals surface area contributed by atoms with Crippen molar-refractivity contribution in [1.29, 1.82) is 0 Å². The second-order valence-corrected chi connectivity index (χ2v) is 10.2. The lowest BCUT2D eigenvalue weighted by molar-refractivity contribution is -0.137. The number of aliphatic carboxylic acids is 1. The molecule has 0 spiro atoms. The third kappa shape index (κ3) is 27.5. The second-order valence-electron chi connectivity index (χ2n) is 10.2. The molecule has 1 atom stereocenters. The van der Waals surface area contributed by atoms with E-state index in [0.717, 1.165) is 25.7 Å². The van der Waals surface area contributed by atoms with E-state index in [0.29, 0.717) is 6.42 Å². The Hall–Kier alpha value is -0.570. The topological polar surface area (TPSA) is 57.5 Å². The number of rotatable bonds is 27. The van der Waals surface area contributed by atoms with E-state index < -0.39 is 5.97 Å². The van der Waals surface area contributed by atoms with Gasteiger partial charge in [-0.25, -0.2) is 0 Å². The number of carboxylic acid groups (broad SMARTS) is 1. The fourth-order valence-electron chi connectivity index (χ4n) is 4.61. The van der Waals surface area contributed by atoms with E-state index in [1.807, 2.05) is 0 Å². The lowest BCUT2D eigenvalue weighted by atomic mass is 10.0.